The second-order valence-corrected chi connectivity index (χ2v) is 5.55. The Morgan fingerprint density at radius 1 is 1.27 bits per heavy atom. The molecule has 0 radical (unpaired) electrons. The fourth-order valence-electron chi connectivity index (χ4n) is 2.44. The van der Waals surface area contributed by atoms with Gasteiger partial charge in [-0.05, 0) is 18.8 Å². The molecule has 0 aromatic rings. The Balaban J connectivity index is 2.64. The van der Waals surface area contributed by atoms with Gasteiger partial charge in [0.15, 0.2) is 5.17 Å². The van der Waals surface area contributed by atoms with Crippen molar-refractivity contribution >= 4 is 16.8 Å². The summed E-state index contributed by atoms with van der Waals surface area (Å²) in [4.78, 5) is 0. The predicted molar refractivity (Wildman–Crippen MR) is 64.7 cm³/mol. The molecule has 1 rings (SSSR count). The summed E-state index contributed by atoms with van der Waals surface area (Å²) >= 11 is 6.00. The zero-order chi connectivity index (χ0) is 11.3. The lowest BCUT2D eigenvalue weighted by Gasteiger charge is -2.26. The molecule has 3 heteroatoms. The third-order valence-electron chi connectivity index (χ3n) is 3.69. The Morgan fingerprint density at radius 2 is 1.87 bits per heavy atom. The minimum Gasteiger partial charge on any atom is -0.410 e. The van der Waals surface area contributed by atoms with Crippen molar-refractivity contribution < 1.29 is 5.21 Å². The molecule has 0 spiro atoms. The Labute approximate surface area is 97.7 Å². The highest BCUT2D eigenvalue weighted by molar-refractivity contribution is 6.66. The molecule has 2 unspecified atom stereocenters. The summed E-state index contributed by atoms with van der Waals surface area (Å²) < 4.78 is 0. The lowest BCUT2D eigenvalue weighted by Crippen LogP contribution is -2.24. The number of nitrogens with zero attached hydrogens (tertiary/aromatic N) is 1. The molecule has 1 aliphatic rings. The molecular formula is C12H22ClNO. The van der Waals surface area contributed by atoms with E-state index in [1.165, 1.54) is 32.1 Å². The quantitative estimate of drug-likeness (QED) is 0.405. The molecule has 1 saturated carbocycles. The van der Waals surface area contributed by atoms with Gasteiger partial charge >= 0.3 is 0 Å². The standard InChI is InChI=1S/C12H22ClNO/c1-10-6-3-4-8-12(2,9-5-7-10)11(13)14-15/h10,15H,3-9H2,1-2H3/b14-11-. The van der Waals surface area contributed by atoms with Gasteiger partial charge in [0.1, 0.15) is 0 Å². The molecular weight excluding hydrogens is 210 g/mol. The molecule has 0 amide bonds. The maximum Gasteiger partial charge on any atom is 0.151 e. The first-order valence-corrected chi connectivity index (χ1v) is 6.34. The van der Waals surface area contributed by atoms with Crippen molar-refractivity contribution in [3.63, 3.8) is 0 Å². The van der Waals surface area contributed by atoms with E-state index >= 15 is 0 Å². The minimum atomic E-state index is -0.0969. The third-order valence-corrected chi connectivity index (χ3v) is 4.22. The summed E-state index contributed by atoms with van der Waals surface area (Å²) in [6.45, 7) is 4.44. The van der Waals surface area contributed by atoms with Gasteiger partial charge in [-0.1, -0.05) is 62.7 Å². The maximum atomic E-state index is 8.79. The zero-order valence-electron chi connectivity index (χ0n) is 9.80. The monoisotopic (exact) mass is 231 g/mol. The van der Waals surface area contributed by atoms with E-state index in [1.54, 1.807) is 0 Å². The van der Waals surface area contributed by atoms with Crippen molar-refractivity contribution in [2.45, 2.75) is 58.8 Å². The van der Waals surface area contributed by atoms with Crippen LogP contribution >= 0.6 is 11.6 Å². The summed E-state index contributed by atoms with van der Waals surface area (Å²) in [5.74, 6) is 0.831. The Morgan fingerprint density at radius 3 is 2.53 bits per heavy atom. The van der Waals surface area contributed by atoms with E-state index in [0.717, 1.165) is 18.8 Å². The van der Waals surface area contributed by atoms with E-state index in [9.17, 15) is 0 Å². The second kappa shape index (κ2) is 5.74. The third kappa shape index (κ3) is 3.67. The van der Waals surface area contributed by atoms with E-state index in [0.29, 0.717) is 5.17 Å². The summed E-state index contributed by atoms with van der Waals surface area (Å²) in [7, 11) is 0. The fraction of sp³-hybridized carbons (Fsp3) is 0.917. The molecule has 0 aromatic carbocycles. The number of oxime groups is 1. The van der Waals surface area contributed by atoms with Crippen LogP contribution in [0.1, 0.15) is 58.8 Å². The topological polar surface area (TPSA) is 32.6 Å². The van der Waals surface area contributed by atoms with Gasteiger partial charge in [0.2, 0.25) is 0 Å². The molecule has 0 saturated heterocycles. The molecule has 0 bridgehead atoms. The summed E-state index contributed by atoms with van der Waals surface area (Å²) in [5, 5.41) is 12.4. The molecule has 2 nitrogen and oxygen atoms in total. The maximum absolute atomic E-state index is 8.79. The zero-order valence-corrected chi connectivity index (χ0v) is 10.6. The summed E-state index contributed by atoms with van der Waals surface area (Å²) in [6.07, 6.45) is 8.32. The van der Waals surface area contributed by atoms with Crippen LogP contribution in [-0.4, -0.2) is 10.4 Å². The summed E-state index contributed by atoms with van der Waals surface area (Å²) in [6, 6.07) is 0. The van der Waals surface area contributed by atoms with Gasteiger partial charge < -0.3 is 5.21 Å². The first-order chi connectivity index (χ1) is 7.08. The molecule has 1 fully saturated rings. The van der Waals surface area contributed by atoms with Gasteiger partial charge in [0.05, 0.1) is 0 Å². The van der Waals surface area contributed by atoms with Crippen molar-refractivity contribution in [3.8, 4) is 0 Å². The van der Waals surface area contributed by atoms with Crippen LogP contribution in [0, 0.1) is 11.3 Å². The highest BCUT2D eigenvalue weighted by Gasteiger charge is 2.30. The van der Waals surface area contributed by atoms with Gasteiger partial charge in [-0.15, -0.1) is 0 Å². The van der Waals surface area contributed by atoms with E-state index in [1.807, 2.05) is 0 Å². The fourth-order valence-corrected chi connectivity index (χ4v) is 2.63. The molecule has 88 valence electrons. The van der Waals surface area contributed by atoms with Crippen LogP contribution in [0.3, 0.4) is 0 Å². The van der Waals surface area contributed by atoms with Crippen LogP contribution < -0.4 is 0 Å². The van der Waals surface area contributed by atoms with Crippen LogP contribution in [0.2, 0.25) is 0 Å². The van der Waals surface area contributed by atoms with Crippen molar-refractivity contribution in [1.29, 1.82) is 0 Å². The van der Waals surface area contributed by atoms with Gasteiger partial charge in [-0.3, -0.25) is 0 Å². The van der Waals surface area contributed by atoms with E-state index in [-0.39, 0.29) is 5.41 Å². The molecule has 2 atom stereocenters. The van der Waals surface area contributed by atoms with Gasteiger partial charge in [-0.2, -0.15) is 0 Å². The van der Waals surface area contributed by atoms with Gasteiger partial charge in [-0.25, -0.2) is 0 Å². The van der Waals surface area contributed by atoms with Gasteiger partial charge in [0.25, 0.3) is 0 Å². The lowest BCUT2D eigenvalue weighted by atomic mass is 9.81. The average molecular weight is 232 g/mol. The lowest BCUT2D eigenvalue weighted by molar-refractivity contribution is 0.299. The number of hydrogen-bond donors (Lipinski definition) is 1. The minimum absolute atomic E-state index is 0.0969. The van der Waals surface area contributed by atoms with Crippen molar-refractivity contribution in [2.24, 2.45) is 16.5 Å². The number of rotatable bonds is 1. The molecule has 1 aliphatic carbocycles. The molecule has 0 aliphatic heterocycles. The second-order valence-electron chi connectivity index (χ2n) is 5.19. The van der Waals surface area contributed by atoms with E-state index in [2.05, 4.69) is 19.0 Å². The van der Waals surface area contributed by atoms with Crippen LogP contribution in [0.4, 0.5) is 0 Å². The molecule has 0 heterocycles. The molecule has 15 heavy (non-hydrogen) atoms. The molecule has 0 aromatic heterocycles. The Bertz CT molecular complexity index is 230. The van der Waals surface area contributed by atoms with Crippen LogP contribution in [-0.2, 0) is 0 Å². The number of halogens is 1. The SMILES string of the molecule is CC1CCCCC(C)(/C(Cl)=N/O)CCC1. The van der Waals surface area contributed by atoms with Crippen LogP contribution in [0.5, 0.6) is 0 Å². The first kappa shape index (κ1) is 12.8. The van der Waals surface area contributed by atoms with Crippen LogP contribution in [0.15, 0.2) is 5.16 Å². The smallest absolute Gasteiger partial charge is 0.151 e. The van der Waals surface area contributed by atoms with Crippen molar-refractivity contribution in [3.05, 3.63) is 0 Å². The Hall–Kier alpha value is -0.240. The number of hydrogen-bond acceptors (Lipinski definition) is 2. The first-order valence-electron chi connectivity index (χ1n) is 5.96. The highest BCUT2D eigenvalue weighted by Crippen LogP contribution is 2.36. The molecule has 1 N–H and O–H groups in total. The average Bonchev–Trinajstić information content (AvgIpc) is 2.30. The van der Waals surface area contributed by atoms with Crippen LogP contribution in [0.25, 0.3) is 0 Å². The van der Waals surface area contributed by atoms with Crippen molar-refractivity contribution in [1.82, 2.24) is 0 Å². The largest absolute Gasteiger partial charge is 0.410 e. The normalized spacial score (nSPS) is 35.4. The van der Waals surface area contributed by atoms with Crippen molar-refractivity contribution in [2.75, 3.05) is 0 Å². The summed E-state index contributed by atoms with van der Waals surface area (Å²) in [5.41, 5.74) is -0.0969. The van der Waals surface area contributed by atoms with E-state index < -0.39 is 0 Å². The van der Waals surface area contributed by atoms with Gasteiger partial charge in [0, 0.05) is 5.41 Å². The highest BCUT2D eigenvalue weighted by atomic mass is 35.5. The van der Waals surface area contributed by atoms with E-state index in [4.69, 9.17) is 16.8 Å². The Kier molecular flexibility index (Phi) is 4.91. The predicted octanol–water partition coefficient (Wildman–Crippen LogP) is 4.40.